The molecule has 1 aromatic heterocycles. The summed E-state index contributed by atoms with van der Waals surface area (Å²) in [6.45, 7) is 5.84. The maximum atomic E-state index is 13.2. The van der Waals surface area contributed by atoms with Crippen molar-refractivity contribution in [2.45, 2.75) is 20.8 Å². The fourth-order valence-corrected chi connectivity index (χ4v) is 4.61. The van der Waals surface area contributed by atoms with E-state index in [1.54, 1.807) is 25.3 Å². The van der Waals surface area contributed by atoms with Gasteiger partial charge in [0.1, 0.15) is 10.8 Å². The van der Waals surface area contributed by atoms with Gasteiger partial charge >= 0.3 is 0 Å². The molecule has 1 amide bonds. The maximum Gasteiger partial charge on any atom is 0.262 e. The van der Waals surface area contributed by atoms with Crippen LogP contribution in [0.2, 0.25) is 0 Å². The number of hydrogen-bond acceptors (Lipinski definition) is 5. The molecule has 0 saturated carbocycles. The standard InChI is InChI=1S/C29H27FN2O3S/c1-18-13-19(2)29(20(3)14-18)32-27(33)16-35-25-11-5-21(15-26(25)34-4)6-12-28-31-24(17-36-28)22-7-9-23(30)10-8-22/h5-15,17H,16H2,1-4H3,(H,32,33)/b12-6+. The molecule has 0 fully saturated rings. The summed E-state index contributed by atoms with van der Waals surface area (Å²) in [4.78, 5) is 17.1. The van der Waals surface area contributed by atoms with Crippen molar-refractivity contribution in [3.63, 3.8) is 0 Å². The Kier molecular flexibility index (Phi) is 7.80. The van der Waals surface area contributed by atoms with Crippen molar-refractivity contribution < 1.29 is 18.7 Å². The minimum absolute atomic E-state index is 0.135. The molecule has 4 aromatic rings. The number of aryl methyl sites for hydroxylation is 3. The Morgan fingerprint density at radius 3 is 2.42 bits per heavy atom. The van der Waals surface area contributed by atoms with Gasteiger partial charge in [0.25, 0.3) is 5.91 Å². The van der Waals surface area contributed by atoms with E-state index in [0.29, 0.717) is 11.5 Å². The van der Waals surface area contributed by atoms with Crippen LogP contribution in [-0.4, -0.2) is 24.6 Å². The minimum atomic E-state index is -0.271. The van der Waals surface area contributed by atoms with Crippen molar-refractivity contribution in [3.8, 4) is 22.8 Å². The van der Waals surface area contributed by atoms with E-state index in [0.717, 1.165) is 44.2 Å². The summed E-state index contributed by atoms with van der Waals surface area (Å²) in [6, 6.07) is 15.8. The zero-order valence-corrected chi connectivity index (χ0v) is 21.4. The van der Waals surface area contributed by atoms with Crippen LogP contribution in [-0.2, 0) is 4.79 Å². The number of benzene rings is 3. The molecule has 7 heteroatoms. The first-order valence-corrected chi connectivity index (χ1v) is 12.3. The minimum Gasteiger partial charge on any atom is -0.493 e. The lowest BCUT2D eigenvalue weighted by atomic mass is 10.1. The number of anilines is 1. The summed E-state index contributed by atoms with van der Waals surface area (Å²) < 4.78 is 24.4. The van der Waals surface area contributed by atoms with Crippen molar-refractivity contribution in [1.29, 1.82) is 0 Å². The number of halogens is 1. The molecule has 0 spiro atoms. The van der Waals surface area contributed by atoms with Crippen molar-refractivity contribution in [2.75, 3.05) is 19.0 Å². The van der Waals surface area contributed by atoms with Crippen LogP contribution in [0.3, 0.4) is 0 Å². The zero-order valence-electron chi connectivity index (χ0n) is 20.6. The van der Waals surface area contributed by atoms with Gasteiger partial charge in [0.2, 0.25) is 0 Å². The summed E-state index contributed by atoms with van der Waals surface area (Å²) in [5, 5.41) is 5.70. The lowest BCUT2D eigenvalue weighted by Crippen LogP contribution is -2.21. The Morgan fingerprint density at radius 1 is 1.00 bits per heavy atom. The number of nitrogens with one attached hydrogen (secondary N) is 1. The predicted octanol–water partition coefficient (Wildman–Crippen LogP) is 7.07. The second-order valence-corrected chi connectivity index (χ2v) is 9.32. The number of nitrogens with zero attached hydrogens (tertiary/aromatic N) is 1. The first-order valence-electron chi connectivity index (χ1n) is 11.4. The maximum absolute atomic E-state index is 13.2. The highest BCUT2D eigenvalue weighted by molar-refractivity contribution is 7.10. The number of aromatic nitrogens is 1. The van der Waals surface area contributed by atoms with Crippen LogP contribution >= 0.6 is 11.3 Å². The Hall–Kier alpha value is -3.97. The number of carbonyl (C=O) groups is 1. The van der Waals surface area contributed by atoms with Gasteiger partial charge in [-0.15, -0.1) is 11.3 Å². The van der Waals surface area contributed by atoms with E-state index in [1.807, 2.05) is 62.6 Å². The molecule has 3 aromatic carbocycles. The number of carbonyl (C=O) groups excluding carboxylic acids is 1. The molecule has 0 aliphatic heterocycles. The average Bonchev–Trinajstić information content (AvgIpc) is 3.33. The van der Waals surface area contributed by atoms with E-state index >= 15 is 0 Å². The third kappa shape index (κ3) is 6.17. The number of methoxy groups -OCH3 is 1. The highest BCUT2D eigenvalue weighted by Gasteiger charge is 2.11. The van der Waals surface area contributed by atoms with Gasteiger partial charge in [0.15, 0.2) is 18.1 Å². The quantitative estimate of drug-likeness (QED) is 0.280. The molecule has 0 aliphatic carbocycles. The molecule has 4 rings (SSSR count). The Bertz CT molecular complexity index is 1390. The van der Waals surface area contributed by atoms with E-state index in [4.69, 9.17) is 9.47 Å². The number of thiazole rings is 1. The van der Waals surface area contributed by atoms with Gasteiger partial charge < -0.3 is 14.8 Å². The molecule has 0 unspecified atom stereocenters. The summed E-state index contributed by atoms with van der Waals surface area (Å²) in [5.74, 6) is 0.498. The molecule has 1 heterocycles. The largest absolute Gasteiger partial charge is 0.493 e. The smallest absolute Gasteiger partial charge is 0.262 e. The molecular formula is C29H27FN2O3S. The van der Waals surface area contributed by atoms with Crippen LogP contribution in [0, 0.1) is 26.6 Å². The normalized spacial score (nSPS) is 11.0. The van der Waals surface area contributed by atoms with E-state index in [-0.39, 0.29) is 18.3 Å². The third-order valence-electron chi connectivity index (χ3n) is 5.57. The predicted molar refractivity (Wildman–Crippen MR) is 144 cm³/mol. The van der Waals surface area contributed by atoms with Gasteiger partial charge in [-0.1, -0.05) is 29.8 Å². The second kappa shape index (κ2) is 11.2. The van der Waals surface area contributed by atoms with Crippen LogP contribution < -0.4 is 14.8 Å². The summed E-state index contributed by atoms with van der Waals surface area (Å²) in [7, 11) is 1.56. The number of rotatable bonds is 8. The van der Waals surface area contributed by atoms with Gasteiger partial charge in [-0.25, -0.2) is 9.37 Å². The van der Waals surface area contributed by atoms with E-state index in [2.05, 4.69) is 10.3 Å². The van der Waals surface area contributed by atoms with Crippen molar-refractivity contribution in [2.24, 2.45) is 0 Å². The Balaban J connectivity index is 1.39. The molecule has 0 saturated heterocycles. The van der Waals surface area contributed by atoms with Crippen molar-refractivity contribution in [1.82, 2.24) is 4.98 Å². The topological polar surface area (TPSA) is 60.5 Å². The second-order valence-electron chi connectivity index (χ2n) is 8.43. The molecule has 184 valence electrons. The highest BCUT2D eigenvalue weighted by atomic mass is 32.1. The van der Waals surface area contributed by atoms with Gasteiger partial charge in [-0.05, 0) is 79.9 Å². The van der Waals surface area contributed by atoms with Gasteiger partial charge in [-0.3, -0.25) is 4.79 Å². The molecule has 0 aliphatic rings. The lowest BCUT2D eigenvalue weighted by Gasteiger charge is -2.14. The monoisotopic (exact) mass is 502 g/mol. The van der Waals surface area contributed by atoms with Gasteiger partial charge in [0, 0.05) is 16.6 Å². The lowest BCUT2D eigenvalue weighted by molar-refractivity contribution is -0.118. The number of hydrogen-bond donors (Lipinski definition) is 1. The molecule has 1 N–H and O–H groups in total. The zero-order chi connectivity index (χ0) is 25.7. The molecular weight excluding hydrogens is 475 g/mol. The van der Waals surface area contributed by atoms with Crippen LogP contribution in [0.15, 0.2) is 60.0 Å². The number of ether oxygens (including phenoxy) is 2. The first kappa shape index (κ1) is 25.1. The average molecular weight is 503 g/mol. The fraction of sp³-hybridized carbons (Fsp3) is 0.172. The number of amides is 1. The van der Waals surface area contributed by atoms with Gasteiger partial charge in [-0.2, -0.15) is 0 Å². The van der Waals surface area contributed by atoms with Crippen LogP contribution in [0.4, 0.5) is 10.1 Å². The summed E-state index contributed by atoms with van der Waals surface area (Å²) in [6.07, 6.45) is 3.84. The van der Waals surface area contributed by atoms with Crippen LogP contribution in [0.25, 0.3) is 23.4 Å². The molecule has 5 nitrogen and oxygen atoms in total. The van der Waals surface area contributed by atoms with E-state index in [1.165, 1.54) is 23.5 Å². The van der Waals surface area contributed by atoms with Crippen LogP contribution in [0.5, 0.6) is 11.5 Å². The summed E-state index contributed by atoms with van der Waals surface area (Å²) >= 11 is 1.50. The third-order valence-corrected chi connectivity index (χ3v) is 6.38. The molecule has 36 heavy (non-hydrogen) atoms. The highest BCUT2D eigenvalue weighted by Crippen LogP contribution is 2.30. The van der Waals surface area contributed by atoms with E-state index < -0.39 is 0 Å². The van der Waals surface area contributed by atoms with Crippen molar-refractivity contribution >= 4 is 35.1 Å². The molecule has 0 radical (unpaired) electrons. The SMILES string of the molecule is COc1cc(/C=C/c2nc(-c3ccc(F)cc3)cs2)ccc1OCC(=O)Nc1c(C)cc(C)cc1C. The molecule has 0 bridgehead atoms. The van der Waals surface area contributed by atoms with Crippen LogP contribution in [0.1, 0.15) is 27.3 Å². The van der Waals surface area contributed by atoms with Crippen molar-refractivity contribution in [3.05, 3.63) is 93.1 Å². The summed E-state index contributed by atoms with van der Waals surface area (Å²) in [5.41, 5.74) is 6.56. The molecule has 0 atom stereocenters. The van der Waals surface area contributed by atoms with Gasteiger partial charge in [0.05, 0.1) is 12.8 Å². The fourth-order valence-electron chi connectivity index (χ4n) is 3.89. The Labute approximate surface area is 214 Å². The van der Waals surface area contributed by atoms with E-state index in [9.17, 15) is 9.18 Å². The Morgan fingerprint density at radius 2 is 1.72 bits per heavy atom. The first-order chi connectivity index (χ1) is 17.3.